The maximum Gasteiger partial charge on any atom is 0.243 e. The number of rotatable bonds is 7. The van der Waals surface area contributed by atoms with E-state index in [1.54, 1.807) is 6.07 Å². The molecule has 0 bridgehead atoms. The average molecular weight is 465 g/mol. The highest BCUT2D eigenvalue weighted by Crippen LogP contribution is 2.31. The van der Waals surface area contributed by atoms with E-state index in [9.17, 15) is 13.2 Å². The predicted octanol–water partition coefficient (Wildman–Crippen LogP) is 4.65. The Morgan fingerprint density at radius 1 is 1.19 bits per heavy atom. The molecule has 1 heterocycles. The van der Waals surface area contributed by atoms with Gasteiger partial charge in [0.2, 0.25) is 15.9 Å². The number of carbonyl (C=O) groups excluding carboxylic acids is 1. The van der Waals surface area contributed by atoms with Crippen molar-refractivity contribution < 1.29 is 17.9 Å². The minimum atomic E-state index is -3.68. The van der Waals surface area contributed by atoms with Gasteiger partial charge in [-0.3, -0.25) is 4.79 Å². The molecule has 0 spiro atoms. The van der Waals surface area contributed by atoms with Crippen LogP contribution in [0.15, 0.2) is 41.3 Å². The van der Waals surface area contributed by atoms with Gasteiger partial charge in [0, 0.05) is 24.7 Å². The lowest BCUT2D eigenvalue weighted by atomic mass is 9.96. The van der Waals surface area contributed by atoms with Gasteiger partial charge in [0.25, 0.3) is 0 Å². The first-order chi connectivity index (χ1) is 14.8. The summed E-state index contributed by atoms with van der Waals surface area (Å²) in [5.41, 5.74) is 3.00. The lowest BCUT2D eigenvalue weighted by Gasteiger charge is -2.31. The Kier molecular flexibility index (Phi) is 7.62. The molecule has 0 aromatic heterocycles. The molecule has 0 saturated carbocycles. The van der Waals surface area contributed by atoms with Crippen molar-refractivity contribution in [2.24, 2.45) is 5.92 Å². The van der Waals surface area contributed by atoms with Gasteiger partial charge in [0.05, 0.1) is 16.5 Å². The fourth-order valence-electron chi connectivity index (χ4n) is 3.85. The summed E-state index contributed by atoms with van der Waals surface area (Å²) < 4.78 is 32.9. The van der Waals surface area contributed by atoms with Gasteiger partial charge in [-0.25, -0.2) is 8.42 Å². The van der Waals surface area contributed by atoms with Gasteiger partial charge in [-0.05, 0) is 62.4 Å². The SMILES string of the molecule is CCOc1ccc(S(=O)(=O)N2CCC(C(=O)Nc3c(C)cccc3CC)CC2)cc1Cl. The predicted molar refractivity (Wildman–Crippen MR) is 123 cm³/mol. The first kappa shape index (κ1) is 23.6. The maximum absolute atomic E-state index is 13.0. The molecule has 168 valence electrons. The third-order valence-corrected chi connectivity index (χ3v) is 7.84. The molecule has 3 rings (SSSR count). The summed E-state index contributed by atoms with van der Waals surface area (Å²) in [6.45, 7) is 6.90. The van der Waals surface area contributed by atoms with Crippen LogP contribution < -0.4 is 10.1 Å². The fraction of sp³-hybridized carbons (Fsp3) is 0.435. The zero-order chi connectivity index (χ0) is 22.6. The number of anilines is 1. The van der Waals surface area contributed by atoms with Crippen molar-refractivity contribution >= 4 is 33.2 Å². The van der Waals surface area contributed by atoms with Crippen LogP contribution in [0.4, 0.5) is 5.69 Å². The van der Waals surface area contributed by atoms with Crippen LogP contribution in [-0.4, -0.2) is 38.3 Å². The van der Waals surface area contributed by atoms with Crippen LogP contribution in [-0.2, 0) is 21.2 Å². The monoisotopic (exact) mass is 464 g/mol. The van der Waals surface area contributed by atoms with Crippen molar-refractivity contribution in [3.05, 3.63) is 52.5 Å². The molecule has 0 atom stereocenters. The highest BCUT2D eigenvalue weighted by atomic mass is 35.5. The highest BCUT2D eigenvalue weighted by molar-refractivity contribution is 7.89. The van der Waals surface area contributed by atoms with Gasteiger partial charge in [0.15, 0.2) is 0 Å². The number of para-hydroxylation sites is 1. The second-order valence-corrected chi connectivity index (χ2v) is 10.0. The number of ether oxygens (including phenoxy) is 1. The average Bonchev–Trinajstić information content (AvgIpc) is 2.76. The number of hydrogen-bond acceptors (Lipinski definition) is 4. The van der Waals surface area contributed by atoms with Gasteiger partial charge < -0.3 is 10.1 Å². The lowest BCUT2D eigenvalue weighted by molar-refractivity contribution is -0.120. The van der Waals surface area contributed by atoms with Crippen molar-refractivity contribution in [2.45, 2.75) is 44.9 Å². The van der Waals surface area contributed by atoms with Crippen LogP contribution in [0.3, 0.4) is 0 Å². The Morgan fingerprint density at radius 3 is 2.52 bits per heavy atom. The van der Waals surface area contributed by atoms with Crippen molar-refractivity contribution in [2.75, 3.05) is 25.0 Å². The van der Waals surface area contributed by atoms with Crippen LogP contribution in [0, 0.1) is 12.8 Å². The number of sulfonamides is 1. The van der Waals surface area contributed by atoms with E-state index in [-0.39, 0.29) is 21.7 Å². The molecule has 6 nitrogen and oxygen atoms in total. The first-order valence-corrected chi connectivity index (χ1v) is 12.4. The quantitative estimate of drug-likeness (QED) is 0.647. The molecule has 1 fully saturated rings. The van der Waals surface area contributed by atoms with Crippen LogP contribution in [0.1, 0.15) is 37.8 Å². The maximum atomic E-state index is 13.0. The van der Waals surface area contributed by atoms with E-state index in [4.69, 9.17) is 16.3 Å². The van der Waals surface area contributed by atoms with E-state index >= 15 is 0 Å². The van der Waals surface area contributed by atoms with Gasteiger partial charge in [-0.1, -0.05) is 36.7 Å². The van der Waals surface area contributed by atoms with Gasteiger partial charge >= 0.3 is 0 Å². The topological polar surface area (TPSA) is 75.7 Å². The Morgan fingerprint density at radius 2 is 1.90 bits per heavy atom. The van der Waals surface area contributed by atoms with Crippen molar-refractivity contribution in [1.29, 1.82) is 0 Å². The van der Waals surface area contributed by atoms with Crippen molar-refractivity contribution in [3.63, 3.8) is 0 Å². The molecule has 1 N–H and O–H groups in total. The van der Waals surface area contributed by atoms with Crippen LogP contribution in [0.25, 0.3) is 0 Å². The summed E-state index contributed by atoms with van der Waals surface area (Å²) >= 11 is 6.17. The zero-order valence-electron chi connectivity index (χ0n) is 18.2. The Hall–Kier alpha value is -2.09. The van der Waals surface area contributed by atoms with Crippen LogP contribution >= 0.6 is 11.6 Å². The molecule has 8 heteroatoms. The van der Waals surface area contributed by atoms with E-state index in [1.165, 1.54) is 16.4 Å². The van der Waals surface area contributed by atoms with Crippen LogP contribution in [0.5, 0.6) is 5.75 Å². The number of nitrogens with zero attached hydrogens (tertiary/aromatic N) is 1. The number of piperidine rings is 1. The van der Waals surface area contributed by atoms with E-state index in [0.717, 1.165) is 23.2 Å². The van der Waals surface area contributed by atoms with Gasteiger partial charge in [0.1, 0.15) is 5.75 Å². The minimum Gasteiger partial charge on any atom is -0.492 e. The summed E-state index contributed by atoms with van der Waals surface area (Å²) in [6, 6.07) is 10.5. The van der Waals surface area contributed by atoms with E-state index in [2.05, 4.69) is 12.2 Å². The lowest BCUT2D eigenvalue weighted by Crippen LogP contribution is -2.41. The fourth-order valence-corrected chi connectivity index (χ4v) is 5.65. The summed E-state index contributed by atoms with van der Waals surface area (Å²) in [4.78, 5) is 13.0. The normalized spacial score (nSPS) is 15.6. The second kappa shape index (κ2) is 10.0. The molecular formula is C23H29ClN2O4S. The zero-order valence-corrected chi connectivity index (χ0v) is 19.7. The number of aryl methyl sites for hydroxylation is 2. The Labute approximate surface area is 189 Å². The molecule has 1 aliphatic rings. The first-order valence-electron chi connectivity index (χ1n) is 10.6. The largest absolute Gasteiger partial charge is 0.492 e. The van der Waals surface area contributed by atoms with Gasteiger partial charge in [-0.15, -0.1) is 0 Å². The molecule has 1 saturated heterocycles. The van der Waals surface area contributed by atoms with Crippen molar-refractivity contribution in [3.8, 4) is 5.75 Å². The Balaban J connectivity index is 1.66. The minimum absolute atomic E-state index is 0.0508. The van der Waals surface area contributed by atoms with Crippen LogP contribution in [0.2, 0.25) is 5.02 Å². The number of nitrogens with one attached hydrogen (secondary N) is 1. The molecule has 0 radical (unpaired) electrons. The smallest absolute Gasteiger partial charge is 0.243 e. The summed E-state index contributed by atoms with van der Waals surface area (Å²) in [7, 11) is -3.68. The molecule has 0 aliphatic carbocycles. The standard InChI is InChI=1S/C23H29ClN2O4S/c1-4-17-8-6-7-16(3)22(17)25-23(27)18-11-13-26(14-12-18)31(28,29)19-9-10-21(30-5-2)20(24)15-19/h6-10,15,18H,4-5,11-14H2,1-3H3,(H,25,27). The molecular weight excluding hydrogens is 436 g/mol. The number of carbonyl (C=O) groups is 1. The molecule has 2 aromatic rings. The third-order valence-electron chi connectivity index (χ3n) is 5.65. The molecule has 1 aliphatic heterocycles. The number of halogens is 1. The summed E-state index contributed by atoms with van der Waals surface area (Å²) in [5, 5.41) is 3.34. The summed E-state index contributed by atoms with van der Waals surface area (Å²) in [5.74, 6) is 0.186. The number of benzene rings is 2. The molecule has 31 heavy (non-hydrogen) atoms. The van der Waals surface area contributed by atoms with E-state index in [1.807, 2.05) is 32.0 Å². The summed E-state index contributed by atoms with van der Waals surface area (Å²) in [6.07, 6.45) is 1.78. The Bertz CT molecular complexity index is 1050. The van der Waals surface area contributed by atoms with E-state index in [0.29, 0.717) is 38.3 Å². The molecule has 1 amide bonds. The highest BCUT2D eigenvalue weighted by Gasteiger charge is 2.32. The number of hydrogen-bond donors (Lipinski definition) is 1. The molecule has 2 aromatic carbocycles. The van der Waals surface area contributed by atoms with Gasteiger partial charge in [-0.2, -0.15) is 4.31 Å². The van der Waals surface area contributed by atoms with Crippen molar-refractivity contribution in [1.82, 2.24) is 4.31 Å². The third kappa shape index (κ3) is 5.22. The van der Waals surface area contributed by atoms with E-state index < -0.39 is 10.0 Å². The second-order valence-electron chi connectivity index (χ2n) is 7.66. The molecule has 0 unspecified atom stereocenters. The number of amides is 1.